The molecule has 0 aliphatic carbocycles. The average Bonchev–Trinajstić information content (AvgIpc) is 2.18. The number of hydrogen-bond acceptors (Lipinski definition) is 2. The van der Waals surface area contributed by atoms with Gasteiger partial charge >= 0.3 is 0 Å². The predicted octanol–water partition coefficient (Wildman–Crippen LogP) is 0.559. The van der Waals surface area contributed by atoms with Crippen molar-refractivity contribution in [1.82, 2.24) is 9.80 Å². The number of piperidine rings is 2. The minimum Gasteiger partial charge on any atom is -0.345 e. The van der Waals surface area contributed by atoms with Crippen LogP contribution in [0.1, 0.15) is 19.3 Å². The lowest BCUT2D eigenvalue weighted by molar-refractivity contribution is -0.121. The second-order valence-electron chi connectivity index (χ2n) is 4.34. The Morgan fingerprint density at radius 3 is 2.92 bits per heavy atom. The van der Waals surface area contributed by atoms with Crippen LogP contribution in [0.5, 0.6) is 0 Å². The van der Waals surface area contributed by atoms with Gasteiger partial charge in [-0.2, -0.15) is 0 Å². The monoisotopic (exact) mass is 182 g/mol. The van der Waals surface area contributed by atoms with E-state index in [1.807, 2.05) is 4.90 Å². The highest BCUT2D eigenvalue weighted by Crippen LogP contribution is 2.28. The van der Waals surface area contributed by atoms with E-state index in [1.54, 1.807) is 0 Å². The predicted molar refractivity (Wildman–Crippen MR) is 51.4 cm³/mol. The van der Waals surface area contributed by atoms with E-state index in [0.29, 0.717) is 0 Å². The Kier molecular flexibility index (Phi) is 2.54. The van der Waals surface area contributed by atoms with Gasteiger partial charge in [0.05, 0.1) is 0 Å². The van der Waals surface area contributed by atoms with Gasteiger partial charge in [0.15, 0.2) is 0 Å². The number of likely N-dealkylation sites (tertiary alicyclic amines) is 2. The van der Waals surface area contributed by atoms with E-state index in [9.17, 15) is 4.79 Å². The molecule has 2 saturated heterocycles. The summed E-state index contributed by atoms with van der Waals surface area (Å²) in [4.78, 5) is 15.0. The van der Waals surface area contributed by atoms with Crippen molar-refractivity contribution < 1.29 is 4.79 Å². The normalized spacial score (nSPS) is 35.6. The van der Waals surface area contributed by atoms with Crippen molar-refractivity contribution in [2.24, 2.45) is 5.92 Å². The Hall–Kier alpha value is -0.570. The third-order valence-electron chi connectivity index (χ3n) is 3.53. The van der Waals surface area contributed by atoms with Crippen LogP contribution in [0.25, 0.3) is 0 Å². The molecule has 0 N–H and O–H groups in total. The first-order valence-corrected chi connectivity index (χ1v) is 5.21. The van der Waals surface area contributed by atoms with E-state index >= 15 is 0 Å². The molecule has 1 amide bonds. The largest absolute Gasteiger partial charge is 0.345 e. The summed E-state index contributed by atoms with van der Waals surface area (Å²) in [6.45, 7) is 3.18. The molecule has 3 heteroatoms. The highest BCUT2D eigenvalue weighted by molar-refractivity contribution is 5.47. The van der Waals surface area contributed by atoms with Crippen LogP contribution in [-0.4, -0.2) is 48.9 Å². The maximum absolute atomic E-state index is 10.6. The number of hydrogen-bond donors (Lipinski definition) is 0. The van der Waals surface area contributed by atoms with E-state index in [1.165, 1.54) is 25.8 Å². The molecule has 2 rings (SSSR count). The molecule has 2 aliphatic rings. The lowest BCUT2D eigenvalue weighted by Gasteiger charge is -2.45. The molecule has 3 nitrogen and oxygen atoms in total. The molecule has 0 aromatic rings. The summed E-state index contributed by atoms with van der Waals surface area (Å²) in [5.74, 6) is 0.734. The van der Waals surface area contributed by atoms with Gasteiger partial charge in [0.1, 0.15) is 0 Å². The van der Waals surface area contributed by atoms with Gasteiger partial charge in [-0.15, -0.1) is 0 Å². The summed E-state index contributed by atoms with van der Waals surface area (Å²) in [5, 5.41) is 0. The van der Waals surface area contributed by atoms with Crippen LogP contribution in [-0.2, 0) is 4.79 Å². The first-order valence-electron chi connectivity index (χ1n) is 5.21. The number of amides is 1. The fourth-order valence-electron chi connectivity index (χ4n) is 2.78. The summed E-state index contributed by atoms with van der Waals surface area (Å²) in [6, 6.07) is 0.741. The first kappa shape index (κ1) is 9.00. The highest BCUT2D eigenvalue weighted by atomic mass is 16.1. The van der Waals surface area contributed by atoms with Crippen LogP contribution in [0.15, 0.2) is 0 Å². The Bertz CT molecular complexity index is 195. The summed E-state index contributed by atoms with van der Waals surface area (Å²) < 4.78 is 0. The van der Waals surface area contributed by atoms with Crippen molar-refractivity contribution in [3.63, 3.8) is 0 Å². The SMILES string of the molecule is CN1CCCC2CN(C=O)CCC21. The topological polar surface area (TPSA) is 23.6 Å². The molecule has 2 fully saturated rings. The van der Waals surface area contributed by atoms with Gasteiger partial charge in [0.25, 0.3) is 0 Å². The molecule has 2 aliphatic heterocycles. The van der Waals surface area contributed by atoms with Gasteiger partial charge < -0.3 is 9.80 Å². The number of fused-ring (bicyclic) bond motifs is 1. The van der Waals surface area contributed by atoms with Gasteiger partial charge in [-0.05, 0) is 38.8 Å². The van der Waals surface area contributed by atoms with E-state index < -0.39 is 0 Å². The van der Waals surface area contributed by atoms with Crippen LogP contribution in [0.3, 0.4) is 0 Å². The van der Waals surface area contributed by atoms with Gasteiger partial charge in [-0.25, -0.2) is 0 Å². The second-order valence-corrected chi connectivity index (χ2v) is 4.34. The minimum absolute atomic E-state index is 0.734. The molecule has 0 bridgehead atoms. The molecule has 74 valence electrons. The summed E-state index contributed by atoms with van der Waals surface area (Å²) in [6.07, 6.45) is 4.77. The van der Waals surface area contributed by atoms with Gasteiger partial charge in [0.2, 0.25) is 6.41 Å². The van der Waals surface area contributed by atoms with Crippen molar-refractivity contribution in [2.45, 2.75) is 25.3 Å². The quantitative estimate of drug-likeness (QED) is 0.553. The van der Waals surface area contributed by atoms with E-state index in [2.05, 4.69) is 11.9 Å². The summed E-state index contributed by atoms with van der Waals surface area (Å²) in [5.41, 5.74) is 0. The molecular formula is C10H18N2O. The first-order chi connectivity index (χ1) is 6.31. The molecule has 13 heavy (non-hydrogen) atoms. The molecular weight excluding hydrogens is 164 g/mol. The molecule has 0 saturated carbocycles. The maximum atomic E-state index is 10.6. The van der Waals surface area contributed by atoms with Crippen molar-refractivity contribution in [1.29, 1.82) is 0 Å². The van der Waals surface area contributed by atoms with Crippen molar-refractivity contribution in [2.75, 3.05) is 26.7 Å². The zero-order chi connectivity index (χ0) is 9.26. The van der Waals surface area contributed by atoms with Crippen molar-refractivity contribution in [3.05, 3.63) is 0 Å². The zero-order valence-electron chi connectivity index (χ0n) is 8.28. The lowest BCUT2D eigenvalue weighted by atomic mass is 9.84. The number of carbonyl (C=O) groups is 1. The average molecular weight is 182 g/mol. The van der Waals surface area contributed by atoms with Crippen LogP contribution >= 0.6 is 0 Å². The van der Waals surface area contributed by atoms with Gasteiger partial charge in [0, 0.05) is 19.1 Å². The van der Waals surface area contributed by atoms with Crippen molar-refractivity contribution >= 4 is 6.41 Å². The van der Waals surface area contributed by atoms with Gasteiger partial charge in [-0.1, -0.05) is 0 Å². The standard InChI is InChI=1S/C10H18N2O/c1-11-5-2-3-9-7-12(8-13)6-4-10(9)11/h8-10H,2-7H2,1H3. The molecule has 2 unspecified atom stereocenters. The van der Waals surface area contributed by atoms with Crippen molar-refractivity contribution in [3.8, 4) is 0 Å². The Morgan fingerprint density at radius 2 is 2.15 bits per heavy atom. The zero-order valence-corrected chi connectivity index (χ0v) is 8.28. The van der Waals surface area contributed by atoms with E-state index in [4.69, 9.17) is 0 Å². The molecule has 0 spiro atoms. The fourth-order valence-corrected chi connectivity index (χ4v) is 2.78. The molecule has 0 aromatic carbocycles. The summed E-state index contributed by atoms with van der Waals surface area (Å²) in [7, 11) is 2.22. The Morgan fingerprint density at radius 1 is 1.31 bits per heavy atom. The molecule has 2 atom stereocenters. The third kappa shape index (κ3) is 1.70. The third-order valence-corrected chi connectivity index (χ3v) is 3.53. The number of nitrogens with zero attached hydrogens (tertiary/aromatic N) is 2. The number of carbonyl (C=O) groups excluding carboxylic acids is 1. The highest BCUT2D eigenvalue weighted by Gasteiger charge is 2.33. The Balaban J connectivity index is 1.99. The fraction of sp³-hybridized carbons (Fsp3) is 0.900. The smallest absolute Gasteiger partial charge is 0.209 e. The Labute approximate surface area is 79.7 Å². The lowest BCUT2D eigenvalue weighted by Crippen LogP contribution is -2.52. The van der Waals surface area contributed by atoms with E-state index in [0.717, 1.165) is 31.5 Å². The second kappa shape index (κ2) is 3.66. The van der Waals surface area contributed by atoms with Gasteiger partial charge in [-0.3, -0.25) is 4.79 Å². The van der Waals surface area contributed by atoms with E-state index in [-0.39, 0.29) is 0 Å². The van der Waals surface area contributed by atoms with Crippen LogP contribution < -0.4 is 0 Å². The maximum Gasteiger partial charge on any atom is 0.209 e. The minimum atomic E-state index is 0.734. The molecule has 0 aromatic heterocycles. The number of rotatable bonds is 1. The molecule has 2 heterocycles. The summed E-state index contributed by atoms with van der Waals surface area (Å²) >= 11 is 0. The molecule has 0 radical (unpaired) electrons. The van der Waals surface area contributed by atoms with Crippen LogP contribution in [0.4, 0.5) is 0 Å². The van der Waals surface area contributed by atoms with Crippen LogP contribution in [0.2, 0.25) is 0 Å². The van der Waals surface area contributed by atoms with Crippen LogP contribution in [0, 0.1) is 5.92 Å².